The van der Waals surface area contributed by atoms with E-state index in [1.807, 2.05) is 26.8 Å². The maximum Gasteiger partial charge on any atom is 0.248 e. The fraction of sp³-hybridized carbons (Fsp3) is 0.533. The van der Waals surface area contributed by atoms with Crippen molar-refractivity contribution in [1.82, 2.24) is 0 Å². The maximum atomic E-state index is 12.7. The van der Waals surface area contributed by atoms with E-state index >= 15 is 0 Å². The van der Waals surface area contributed by atoms with Gasteiger partial charge in [-0.1, -0.05) is 19.9 Å². The molecule has 0 aliphatic carbocycles. The molecule has 0 bridgehead atoms. The Kier molecular flexibility index (Phi) is 3.45. The first kappa shape index (κ1) is 15.0. The van der Waals surface area contributed by atoms with Gasteiger partial charge in [0.25, 0.3) is 0 Å². The van der Waals surface area contributed by atoms with Crippen molar-refractivity contribution in [2.24, 2.45) is 0 Å². The van der Waals surface area contributed by atoms with Gasteiger partial charge in [-0.25, -0.2) is 8.42 Å². The average molecular weight is 295 g/mol. The fourth-order valence-electron chi connectivity index (χ4n) is 2.47. The Bertz CT molecular complexity index is 660. The fourth-order valence-corrected chi connectivity index (χ4v) is 4.10. The number of carbonyl (C=O) groups is 1. The van der Waals surface area contributed by atoms with Gasteiger partial charge in [-0.2, -0.15) is 0 Å². The molecule has 5 heteroatoms. The molecule has 0 aromatic heterocycles. The second-order valence-corrected chi connectivity index (χ2v) is 8.41. The molecule has 1 aliphatic rings. The zero-order valence-corrected chi connectivity index (χ0v) is 13.4. The Morgan fingerprint density at radius 1 is 1.25 bits per heavy atom. The van der Waals surface area contributed by atoms with Gasteiger partial charge in [-0.3, -0.25) is 4.79 Å². The van der Waals surface area contributed by atoms with Crippen LogP contribution in [0.3, 0.4) is 0 Å². The highest BCUT2D eigenvalue weighted by Gasteiger charge is 2.50. The summed E-state index contributed by atoms with van der Waals surface area (Å²) in [6, 6.07) is 5.36. The second kappa shape index (κ2) is 4.58. The van der Waals surface area contributed by atoms with Crippen molar-refractivity contribution < 1.29 is 13.2 Å². The molecule has 1 aromatic carbocycles. The number of nitrogens with zero attached hydrogens (tertiary/aromatic N) is 1. The van der Waals surface area contributed by atoms with Crippen molar-refractivity contribution in [3.63, 3.8) is 0 Å². The predicted octanol–water partition coefficient (Wildman–Crippen LogP) is 2.73. The van der Waals surface area contributed by atoms with E-state index in [1.165, 1.54) is 13.8 Å². The molecule has 0 spiro atoms. The third kappa shape index (κ3) is 1.87. The Morgan fingerprint density at radius 2 is 1.85 bits per heavy atom. The summed E-state index contributed by atoms with van der Waals surface area (Å²) in [4.78, 5) is 14.3. The summed E-state index contributed by atoms with van der Waals surface area (Å²) < 4.78 is 24.0. The number of carbonyl (C=O) groups excluding carboxylic acids is 1. The number of hydrogen-bond acceptors (Lipinski definition) is 3. The smallest absolute Gasteiger partial charge is 0.248 e. The van der Waals surface area contributed by atoms with Crippen LogP contribution in [-0.4, -0.2) is 25.6 Å². The van der Waals surface area contributed by atoms with Crippen LogP contribution >= 0.6 is 0 Å². The molecular formula is C15H21NO3S. The number of hydrogen-bond donors (Lipinski definition) is 0. The lowest BCUT2D eigenvalue weighted by molar-refractivity contribution is -0.120. The maximum absolute atomic E-state index is 12.7. The van der Waals surface area contributed by atoms with Crippen LogP contribution in [0.1, 0.15) is 46.1 Å². The van der Waals surface area contributed by atoms with E-state index in [0.29, 0.717) is 12.2 Å². The van der Waals surface area contributed by atoms with E-state index in [0.717, 1.165) is 5.56 Å². The molecule has 1 aromatic rings. The molecule has 0 saturated heterocycles. The van der Waals surface area contributed by atoms with Crippen LogP contribution < -0.4 is 4.90 Å². The van der Waals surface area contributed by atoms with Gasteiger partial charge in [-0.05, 0) is 44.4 Å². The first-order chi connectivity index (χ1) is 9.14. The Morgan fingerprint density at radius 3 is 2.35 bits per heavy atom. The number of amides is 1. The van der Waals surface area contributed by atoms with Crippen LogP contribution in [0.2, 0.25) is 0 Å². The monoisotopic (exact) mass is 295 g/mol. The third-order valence-corrected chi connectivity index (χ3v) is 6.40. The van der Waals surface area contributed by atoms with Gasteiger partial charge >= 0.3 is 0 Å². The summed E-state index contributed by atoms with van der Waals surface area (Å²) in [7, 11) is -3.66. The molecule has 1 amide bonds. The van der Waals surface area contributed by atoms with Gasteiger partial charge in [0, 0.05) is 6.54 Å². The summed E-state index contributed by atoms with van der Waals surface area (Å²) in [5.74, 6) is -0.115. The van der Waals surface area contributed by atoms with Gasteiger partial charge in [0.2, 0.25) is 5.91 Å². The predicted molar refractivity (Wildman–Crippen MR) is 79.8 cm³/mol. The molecule has 110 valence electrons. The highest BCUT2D eigenvalue weighted by Crippen LogP contribution is 2.41. The minimum Gasteiger partial charge on any atom is -0.310 e. The number of benzene rings is 1. The van der Waals surface area contributed by atoms with E-state index in [1.54, 1.807) is 17.0 Å². The molecular weight excluding hydrogens is 274 g/mol. The van der Waals surface area contributed by atoms with Crippen molar-refractivity contribution in [3.05, 3.63) is 23.8 Å². The van der Waals surface area contributed by atoms with Crippen molar-refractivity contribution >= 4 is 21.4 Å². The van der Waals surface area contributed by atoms with Crippen molar-refractivity contribution in [2.75, 3.05) is 11.4 Å². The minimum atomic E-state index is -3.66. The molecule has 20 heavy (non-hydrogen) atoms. The third-order valence-electron chi connectivity index (χ3n) is 3.98. The summed E-state index contributed by atoms with van der Waals surface area (Å²) in [6.07, 6.45) is 0. The van der Waals surface area contributed by atoms with Crippen LogP contribution in [0.25, 0.3) is 0 Å². The van der Waals surface area contributed by atoms with E-state index in [9.17, 15) is 13.2 Å². The van der Waals surface area contributed by atoms with Crippen molar-refractivity contribution in [1.29, 1.82) is 0 Å². The molecule has 0 fully saturated rings. The Hall–Kier alpha value is -1.36. The van der Waals surface area contributed by atoms with Gasteiger partial charge in [0.05, 0.1) is 10.6 Å². The molecule has 0 unspecified atom stereocenters. The largest absolute Gasteiger partial charge is 0.310 e. The summed E-state index contributed by atoms with van der Waals surface area (Å²) in [6.45, 7) is 9.32. The molecule has 0 radical (unpaired) electrons. The number of fused-ring (bicyclic) bond motifs is 1. The summed E-state index contributed by atoms with van der Waals surface area (Å²) >= 11 is 0. The van der Waals surface area contributed by atoms with Crippen molar-refractivity contribution in [3.8, 4) is 0 Å². The first-order valence-electron chi connectivity index (χ1n) is 6.85. The molecule has 1 aliphatic heterocycles. The van der Waals surface area contributed by atoms with E-state index < -0.39 is 14.6 Å². The molecule has 0 saturated carbocycles. The van der Waals surface area contributed by atoms with Gasteiger partial charge in [0.15, 0.2) is 9.84 Å². The highest BCUT2D eigenvalue weighted by molar-refractivity contribution is 7.94. The van der Waals surface area contributed by atoms with Gasteiger partial charge in [0.1, 0.15) is 4.75 Å². The highest BCUT2D eigenvalue weighted by atomic mass is 32.2. The zero-order chi connectivity index (χ0) is 15.3. The Labute approximate surface area is 120 Å². The number of sulfone groups is 1. The van der Waals surface area contributed by atoms with Gasteiger partial charge in [-0.15, -0.1) is 0 Å². The second-order valence-electron chi connectivity index (χ2n) is 5.95. The lowest BCUT2D eigenvalue weighted by atomic mass is 10.0. The lowest BCUT2D eigenvalue weighted by Gasteiger charge is -2.37. The van der Waals surface area contributed by atoms with Crippen LogP contribution in [0.4, 0.5) is 5.69 Å². The minimum absolute atomic E-state index is 0.242. The molecule has 4 nitrogen and oxygen atoms in total. The summed E-state index contributed by atoms with van der Waals surface area (Å²) in [5, 5.41) is 0. The quantitative estimate of drug-likeness (QED) is 0.843. The zero-order valence-electron chi connectivity index (χ0n) is 12.6. The standard InChI is InChI=1S/C15H21NO3S/c1-6-16-12-8-7-11(10(2)3)9-13(12)20(18,19)15(4,5)14(16)17/h7-10H,6H2,1-5H3. The topological polar surface area (TPSA) is 54.5 Å². The van der Waals surface area contributed by atoms with Gasteiger partial charge < -0.3 is 4.90 Å². The van der Waals surface area contributed by atoms with E-state index in [4.69, 9.17) is 0 Å². The normalized spacial score (nSPS) is 20.1. The average Bonchev–Trinajstić information content (AvgIpc) is 2.37. The molecule has 0 N–H and O–H groups in total. The van der Waals surface area contributed by atoms with Crippen LogP contribution in [0, 0.1) is 0 Å². The molecule has 2 rings (SSSR count). The van der Waals surface area contributed by atoms with E-state index in [2.05, 4.69) is 0 Å². The van der Waals surface area contributed by atoms with E-state index in [-0.39, 0.29) is 16.7 Å². The number of rotatable bonds is 2. The van der Waals surface area contributed by atoms with Crippen LogP contribution in [0.15, 0.2) is 23.1 Å². The van der Waals surface area contributed by atoms with Crippen LogP contribution in [0.5, 0.6) is 0 Å². The van der Waals surface area contributed by atoms with Crippen LogP contribution in [-0.2, 0) is 14.6 Å². The first-order valence-corrected chi connectivity index (χ1v) is 8.33. The Balaban J connectivity index is 2.80. The molecule has 0 atom stereocenters. The summed E-state index contributed by atoms with van der Waals surface area (Å²) in [5.41, 5.74) is 1.47. The lowest BCUT2D eigenvalue weighted by Crippen LogP contribution is -2.54. The van der Waals surface area contributed by atoms with Crippen molar-refractivity contribution in [2.45, 2.75) is 50.2 Å². The number of anilines is 1. The SMILES string of the molecule is CCN1C(=O)C(C)(C)S(=O)(=O)c2cc(C(C)C)ccc21. The molecule has 1 heterocycles.